The molecule has 0 bridgehead atoms. The van der Waals surface area contributed by atoms with E-state index in [2.05, 4.69) is 15.5 Å². The van der Waals surface area contributed by atoms with Gasteiger partial charge in [-0.05, 0) is 30.5 Å². The van der Waals surface area contributed by atoms with Gasteiger partial charge in [-0.2, -0.15) is 0 Å². The quantitative estimate of drug-likeness (QED) is 0.565. The zero-order valence-electron chi connectivity index (χ0n) is 10.9. The minimum Gasteiger partial charge on any atom is -0.326 e. The molecule has 1 heterocycles. The summed E-state index contributed by atoms with van der Waals surface area (Å²) in [5, 5.41) is 8.08. The maximum Gasteiger partial charge on any atom is 0.264 e. The molecule has 2 rings (SSSR count). The monoisotopic (exact) mass is 293 g/mol. The van der Waals surface area contributed by atoms with Crippen molar-refractivity contribution in [1.82, 2.24) is 10.2 Å². The minimum absolute atomic E-state index is 0.0158. The van der Waals surface area contributed by atoms with Gasteiger partial charge in [-0.3, -0.25) is 19.8 Å². The number of nitrogens with one attached hydrogen (secondary N) is 3. The standard InChI is InChI=1S/C14H16ClN3O2/c15-8-2-1-3-13(19)16-11-6-4-10(5-7-11)12-9-14(20)18-17-12/h4-7,9H,1-3,8H2,(H,16,19)(H2,17,18,20). The van der Waals surface area contributed by atoms with E-state index in [9.17, 15) is 9.59 Å². The van der Waals surface area contributed by atoms with Crippen molar-refractivity contribution in [2.75, 3.05) is 11.2 Å². The van der Waals surface area contributed by atoms with E-state index < -0.39 is 0 Å². The Labute approximate surface area is 121 Å². The van der Waals surface area contributed by atoms with Gasteiger partial charge in [0.05, 0.1) is 5.69 Å². The molecule has 0 radical (unpaired) electrons. The maximum absolute atomic E-state index is 11.6. The van der Waals surface area contributed by atoms with Gasteiger partial charge >= 0.3 is 0 Å². The smallest absolute Gasteiger partial charge is 0.264 e. The number of aromatic nitrogens is 2. The number of halogens is 1. The number of unbranched alkanes of at least 4 members (excludes halogenated alkanes) is 1. The van der Waals surface area contributed by atoms with Gasteiger partial charge < -0.3 is 5.32 Å². The zero-order valence-corrected chi connectivity index (χ0v) is 11.7. The molecular weight excluding hydrogens is 278 g/mol. The first kappa shape index (κ1) is 14.4. The molecule has 106 valence electrons. The van der Waals surface area contributed by atoms with Crippen molar-refractivity contribution in [2.24, 2.45) is 0 Å². The highest BCUT2D eigenvalue weighted by atomic mass is 35.5. The van der Waals surface area contributed by atoms with Crippen molar-refractivity contribution in [2.45, 2.75) is 19.3 Å². The number of hydrogen-bond acceptors (Lipinski definition) is 2. The molecule has 0 saturated heterocycles. The molecule has 2 aromatic rings. The van der Waals surface area contributed by atoms with Crippen LogP contribution in [0.1, 0.15) is 19.3 Å². The summed E-state index contributed by atoms with van der Waals surface area (Å²) in [5.41, 5.74) is 2.16. The molecule has 0 fully saturated rings. The second-order valence-electron chi connectivity index (χ2n) is 4.44. The molecule has 0 aliphatic heterocycles. The van der Waals surface area contributed by atoms with Gasteiger partial charge in [0.25, 0.3) is 5.56 Å². The fourth-order valence-electron chi connectivity index (χ4n) is 1.82. The molecule has 1 aromatic carbocycles. The van der Waals surface area contributed by atoms with Gasteiger partial charge in [0.1, 0.15) is 0 Å². The summed E-state index contributed by atoms with van der Waals surface area (Å²) in [4.78, 5) is 22.7. The molecule has 0 unspecified atom stereocenters. The molecular formula is C14H16ClN3O2. The lowest BCUT2D eigenvalue weighted by atomic mass is 10.1. The van der Waals surface area contributed by atoms with Gasteiger partial charge in [0, 0.05) is 24.1 Å². The Morgan fingerprint density at radius 3 is 2.50 bits per heavy atom. The Morgan fingerprint density at radius 1 is 1.15 bits per heavy atom. The number of alkyl halides is 1. The molecule has 1 amide bonds. The molecule has 0 spiro atoms. The number of aromatic amines is 2. The summed E-state index contributed by atoms with van der Waals surface area (Å²) < 4.78 is 0. The summed E-state index contributed by atoms with van der Waals surface area (Å²) in [7, 11) is 0. The van der Waals surface area contributed by atoms with Crippen LogP contribution in [0, 0.1) is 0 Å². The average Bonchev–Trinajstić information content (AvgIpc) is 2.86. The SMILES string of the molecule is O=C(CCCCCl)Nc1ccc(-c2cc(=O)[nH][nH]2)cc1. The molecule has 0 aliphatic rings. The maximum atomic E-state index is 11.6. The average molecular weight is 294 g/mol. The van der Waals surface area contributed by atoms with Crippen LogP contribution in [0.4, 0.5) is 5.69 Å². The van der Waals surface area contributed by atoms with Crippen LogP contribution in [0.5, 0.6) is 0 Å². The normalized spacial score (nSPS) is 10.4. The number of hydrogen-bond donors (Lipinski definition) is 3. The number of carbonyl (C=O) groups excluding carboxylic acids is 1. The van der Waals surface area contributed by atoms with Crippen LogP contribution in [-0.4, -0.2) is 22.0 Å². The largest absolute Gasteiger partial charge is 0.326 e. The van der Waals surface area contributed by atoms with Crippen LogP contribution >= 0.6 is 11.6 Å². The van der Waals surface area contributed by atoms with Crippen molar-refractivity contribution < 1.29 is 4.79 Å². The number of rotatable bonds is 6. The van der Waals surface area contributed by atoms with E-state index in [-0.39, 0.29) is 11.5 Å². The minimum atomic E-state index is -0.170. The lowest BCUT2D eigenvalue weighted by molar-refractivity contribution is -0.116. The highest BCUT2D eigenvalue weighted by Gasteiger charge is 2.04. The van der Waals surface area contributed by atoms with E-state index in [1.165, 1.54) is 6.07 Å². The summed E-state index contributed by atoms with van der Waals surface area (Å²) in [6, 6.07) is 8.78. The number of H-pyrrole nitrogens is 2. The summed E-state index contributed by atoms with van der Waals surface area (Å²) >= 11 is 5.56. The van der Waals surface area contributed by atoms with Gasteiger partial charge in [-0.1, -0.05) is 12.1 Å². The van der Waals surface area contributed by atoms with Crippen molar-refractivity contribution in [3.8, 4) is 11.3 Å². The lowest BCUT2D eigenvalue weighted by Crippen LogP contribution is -2.10. The zero-order chi connectivity index (χ0) is 14.4. The van der Waals surface area contributed by atoms with Crippen LogP contribution in [0.25, 0.3) is 11.3 Å². The number of carbonyl (C=O) groups is 1. The van der Waals surface area contributed by atoms with Crippen LogP contribution < -0.4 is 10.9 Å². The van der Waals surface area contributed by atoms with E-state index in [1.807, 2.05) is 12.1 Å². The van der Waals surface area contributed by atoms with Crippen LogP contribution in [-0.2, 0) is 4.79 Å². The van der Waals surface area contributed by atoms with E-state index >= 15 is 0 Å². The summed E-state index contributed by atoms with van der Waals surface area (Å²) in [6.07, 6.45) is 2.10. The third-order valence-electron chi connectivity index (χ3n) is 2.86. The van der Waals surface area contributed by atoms with E-state index in [4.69, 9.17) is 11.6 Å². The molecule has 5 nitrogen and oxygen atoms in total. The first-order chi connectivity index (χ1) is 9.69. The Kier molecular flexibility index (Phi) is 5.01. The van der Waals surface area contributed by atoms with Gasteiger partial charge in [-0.15, -0.1) is 11.6 Å². The van der Waals surface area contributed by atoms with Gasteiger partial charge in [0.2, 0.25) is 5.91 Å². The summed E-state index contributed by atoms with van der Waals surface area (Å²) in [5.74, 6) is 0.564. The Hall–Kier alpha value is -2.01. The Balaban J connectivity index is 1.94. The second kappa shape index (κ2) is 6.96. The van der Waals surface area contributed by atoms with Crippen molar-refractivity contribution >= 4 is 23.2 Å². The van der Waals surface area contributed by atoms with Gasteiger partial charge in [0.15, 0.2) is 0 Å². The molecule has 1 aromatic heterocycles. The fourth-order valence-corrected chi connectivity index (χ4v) is 2.01. The van der Waals surface area contributed by atoms with Crippen molar-refractivity contribution in [3.63, 3.8) is 0 Å². The molecule has 6 heteroatoms. The lowest BCUT2D eigenvalue weighted by Gasteiger charge is -2.05. The van der Waals surface area contributed by atoms with Crippen LogP contribution in [0.2, 0.25) is 0 Å². The molecule has 0 atom stereocenters. The molecule has 20 heavy (non-hydrogen) atoms. The van der Waals surface area contributed by atoms with Crippen LogP contribution in [0.3, 0.4) is 0 Å². The highest BCUT2D eigenvalue weighted by Crippen LogP contribution is 2.18. The highest BCUT2D eigenvalue weighted by molar-refractivity contribution is 6.17. The topological polar surface area (TPSA) is 77.8 Å². The fraction of sp³-hybridized carbons (Fsp3) is 0.286. The van der Waals surface area contributed by atoms with Gasteiger partial charge in [-0.25, -0.2) is 0 Å². The number of amides is 1. The van der Waals surface area contributed by atoms with E-state index in [0.717, 1.165) is 29.8 Å². The third-order valence-corrected chi connectivity index (χ3v) is 3.13. The van der Waals surface area contributed by atoms with E-state index in [1.54, 1.807) is 12.1 Å². The Bertz CT molecular complexity index is 616. The Morgan fingerprint density at radius 2 is 1.90 bits per heavy atom. The number of benzene rings is 1. The van der Waals surface area contributed by atoms with Crippen molar-refractivity contribution in [3.05, 3.63) is 40.7 Å². The van der Waals surface area contributed by atoms with E-state index in [0.29, 0.717) is 12.3 Å². The molecule has 0 aliphatic carbocycles. The third kappa shape index (κ3) is 3.99. The predicted molar refractivity (Wildman–Crippen MR) is 80.1 cm³/mol. The molecule has 0 saturated carbocycles. The first-order valence-electron chi connectivity index (χ1n) is 6.43. The number of anilines is 1. The second-order valence-corrected chi connectivity index (χ2v) is 4.82. The van der Waals surface area contributed by atoms with Crippen LogP contribution in [0.15, 0.2) is 35.1 Å². The summed E-state index contributed by atoms with van der Waals surface area (Å²) in [6.45, 7) is 0. The molecule has 3 N–H and O–H groups in total. The van der Waals surface area contributed by atoms with Crippen molar-refractivity contribution in [1.29, 1.82) is 0 Å². The first-order valence-corrected chi connectivity index (χ1v) is 6.96. The predicted octanol–water partition coefficient (Wildman–Crippen LogP) is 2.72.